The summed E-state index contributed by atoms with van der Waals surface area (Å²) < 4.78 is 63.7. The van der Waals surface area contributed by atoms with Crippen molar-refractivity contribution < 1.29 is 31.1 Å². The van der Waals surface area contributed by atoms with Gasteiger partial charge in [-0.1, -0.05) is 6.92 Å². The highest BCUT2D eigenvalue weighted by Crippen LogP contribution is 2.33. The van der Waals surface area contributed by atoms with Crippen LogP contribution in [-0.2, 0) is 19.6 Å². The number of halogens is 3. The van der Waals surface area contributed by atoms with Gasteiger partial charge in [-0.2, -0.15) is 17.5 Å². The van der Waals surface area contributed by atoms with Crippen LogP contribution in [0.25, 0.3) is 0 Å². The lowest BCUT2D eigenvalue weighted by Crippen LogP contribution is -2.39. The summed E-state index contributed by atoms with van der Waals surface area (Å²) in [6.07, 6.45) is 0. The molecule has 17 heavy (non-hydrogen) atoms. The number of sulfonamides is 1. The zero-order valence-corrected chi connectivity index (χ0v) is 10.0. The lowest BCUT2D eigenvalue weighted by Gasteiger charge is -2.17. The van der Waals surface area contributed by atoms with Crippen molar-refractivity contribution in [3.8, 4) is 0 Å². The summed E-state index contributed by atoms with van der Waals surface area (Å²) in [7, 11) is -4.25. The smallest absolute Gasteiger partial charge is 0.469 e. The van der Waals surface area contributed by atoms with Crippen LogP contribution in [0.2, 0.25) is 0 Å². The second-order valence-electron chi connectivity index (χ2n) is 3.87. The van der Waals surface area contributed by atoms with Crippen molar-refractivity contribution >= 4 is 16.0 Å². The Morgan fingerprint density at radius 1 is 1.35 bits per heavy atom. The highest BCUT2D eigenvalue weighted by atomic mass is 32.2. The number of alkyl halides is 3. The number of hydrogen-bond donors (Lipinski definition) is 0. The second kappa shape index (κ2) is 4.45. The van der Waals surface area contributed by atoms with E-state index >= 15 is 0 Å². The van der Waals surface area contributed by atoms with Gasteiger partial charge in [0.25, 0.3) is 0 Å². The maximum atomic E-state index is 12.3. The van der Waals surface area contributed by atoms with E-state index in [-0.39, 0.29) is 10.8 Å². The van der Waals surface area contributed by atoms with Gasteiger partial charge in [0.15, 0.2) is 0 Å². The van der Waals surface area contributed by atoms with E-state index in [1.165, 1.54) is 6.92 Å². The van der Waals surface area contributed by atoms with E-state index in [4.69, 9.17) is 0 Å². The molecule has 0 N–H and O–H groups in total. The maximum absolute atomic E-state index is 12.3. The summed E-state index contributed by atoms with van der Waals surface area (Å²) >= 11 is 0. The van der Waals surface area contributed by atoms with Crippen molar-refractivity contribution in [2.24, 2.45) is 11.8 Å². The van der Waals surface area contributed by atoms with Crippen LogP contribution in [0.5, 0.6) is 0 Å². The topological polar surface area (TPSA) is 63.7 Å². The molecule has 1 aliphatic rings. The minimum absolute atomic E-state index is 0.277. The van der Waals surface area contributed by atoms with Crippen LogP contribution in [0.1, 0.15) is 6.92 Å². The normalized spacial score (nSPS) is 27.1. The van der Waals surface area contributed by atoms with Gasteiger partial charge in [-0.05, 0) is 5.92 Å². The third-order valence-corrected chi connectivity index (χ3v) is 4.28. The lowest BCUT2D eigenvalue weighted by atomic mass is 9.99. The second-order valence-corrected chi connectivity index (χ2v) is 5.80. The molecular weight excluding hydrogens is 263 g/mol. The monoisotopic (exact) mass is 275 g/mol. The predicted molar refractivity (Wildman–Crippen MR) is 51.2 cm³/mol. The Balaban J connectivity index is 2.90. The van der Waals surface area contributed by atoms with Crippen molar-refractivity contribution in [3.63, 3.8) is 0 Å². The Bertz CT molecular complexity index is 405. The Labute approximate surface area is 96.6 Å². The lowest BCUT2D eigenvalue weighted by molar-refractivity contribution is -0.146. The van der Waals surface area contributed by atoms with Crippen LogP contribution in [-0.4, -0.2) is 44.4 Å². The summed E-state index contributed by atoms with van der Waals surface area (Å²) in [4.78, 5) is 11.2. The minimum atomic E-state index is -5.36. The summed E-state index contributed by atoms with van der Waals surface area (Å²) in [6, 6.07) is 0. The molecule has 100 valence electrons. The standard InChI is InChI=1S/C8H12F3NO4S/c1-5-3-12(4-6(5)7(13)16-2)17(14,15)8(9,10)11/h5-6H,3-4H2,1-2H3. The first-order valence-corrected chi connectivity index (χ1v) is 6.19. The molecule has 2 atom stereocenters. The van der Waals surface area contributed by atoms with Gasteiger partial charge < -0.3 is 4.74 Å². The summed E-state index contributed by atoms with van der Waals surface area (Å²) in [5.41, 5.74) is -5.34. The molecule has 0 aliphatic carbocycles. The molecule has 0 radical (unpaired) electrons. The number of carbonyl (C=O) groups is 1. The maximum Gasteiger partial charge on any atom is 0.511 e. The molecule has 0 aromatic carbocycles. The molecule has 2 unspecified atom stereocenters. The van der Waals surface area contributed by atoms with Gasteiger partial charge in [-0.3, -0.25) is 4.79 Å². The summed E-state index contributed by atoms with van der Waals surface area (Å²) in [6.45, 7) is 0.685. The molecule has 0 aromatic heterocycles. The number of rotatable bonds is 2. The summed E-state index contributed by atoms with van der Waals surface area (Å²) in [5.74, 6) is -2.05. The number of carbonyl (C=O) groups excluding carboxylic acids is 1. The van der Waals surface area contributed by atoms with E-state index in [9.17, 15) is 26.4 Å². The fourth-order valence-electron chi connectivity index (χ4n) is 1.72. The van der Waals surface area contributed by atoms with Gasteiger partial charge in [0.2, 0.25) is 0 Å². The van der Waals surface area contributed by atoms with Crippen molar-refractivity contribution in [3.05, 3.63) is 0 Å². The van der Waals surface area contributed by atoms with Gasteiger partial charge in [0, 0.05) is 13.1 Å². The molecule has 0 aromatic rings. The zero-order chi connectivity index (χ0) is 13.4. The third-order valence-electron chi connectivity index (χ3n) is 2.72. The van der Waals surface area contributed by atoms with Gasteiger partial charge in [-0.25, -0.2) is 8.42 Å². The van der Waals surface area contributed by atoms with E-state index in [0.29, 0.717) is 0 Å². The number of methoxy groups -OCH3 is 1. The van der Waals surface area contributed by atoms with E-state index in [1.54, 1.807) is 0 Å². The van der Waals surface area contributed by atoms with Crippen LogP contribution in [0, 0.1) is 11.8 Å². The molecule has 1 heterocycles. The minimum Gasteiger partial charge on any atom is -0.469 e. The Morgan fingerprint density at radius 2 is 1.88 bits per heavy atom. The van der Waals surface area contributed by atoms with Crippen molar-refractivity contribution in [1.82, 2.24) is 4.31 Å². The highest BCUT2D eigenvalue weighted by molar-refractivity contribution is 7.90. The first-order chi connectivity index (χ1) is 7.61. The van der Waals surface area contributed by atoms with Crippen LogP contribution in [0.3, 0.4) is 0 Å². The van der Waals surface area contributed by atoms with E-state index in [0.717, 1.165) is 7.11 Å². The van der Waals surface area contributed by atoms with E-state index in [1.807, 2.05) is 0 Å². The van der Waals surface area contributed by atoms with Crippen molar-refractivity contribution in [2.75, 3.05) is 20.2 Å². The predicted octanol–water partition coefficient (Wildman–Crippen LogP) is 0.577. The first-order valence-electron chi connectivity index (χ1n) is 4.75. The van der Waals surface area contributed by atoms with Crippen LogP contribution in [0.15, 0.2) is 0 Å². The average molecular weight is 275 g/mol. The number of nitrogens with zero attached hydrogens (tertiary/aromatic N) is 1. The molecule has 1 fully saturated rings. The Hall–Kier alpha value is -0.830. The molecule has 0 saturated carbocycles. The van der Waals surface area contributed by atoms with E-state index < -0.39 is 39.9 Å². The molecule has 1 aliphatic heterocycles. The molecule has 1 rings (SSSR count). The molecule has 0 amide bonds. The Morgan fingerprint density at radius 3 is 2.29 bits per heavy atom. The molecule has 1 saturated heterocycles. The molecular formula is C8H12F3NO4S. The van der Waals surface area contributed by atoms with E-state index in [2.05, 4.69) is 4.74 Å². The van der Waals surface area contributed by atoms with Crippen LogP contribution >= 0.6 is 0 Å². The highest BCUT2D eigenvalue weighted by Gasteiger charge is 2.53. The average Bonchev–Trinajstić information content (AvgIpc) is 2.58. The number of ether oxygens (including phenoxy) is 1. The third kappa shape index (κ3) is 2.54. The van der Waals surface area contributed by atoms with Crippen LogP contribution < -0.4 is 0 Å². The van der Waals surface area contributed by atoms with Gasteiger partial charge in [-0.15, -0.1) is 0 Å². The number of hydrogen-bond acceptors (Lipinski definition) is 4. The van der Waals surface area contributed by atoms with Crippen molar-refractivity contribution in [1.29, 1.82) is 0 Å². The van der Waals surface area contributed by atoms with Crippen molar-refractivity contribution in [2.45, 2.75) is 12.4 Å². The fraction of sp³-hybridized carbons (Fsp3) is 0.875. The SMILES string of the molecule is COC(=O)C1CN(S(=O)(=O)C(F)(F)F)CC1C. The largest absolute Gasteiger partial charge is 0.511 e. The molecule has 0 spiro atoms. The zero-order valence-electron chi connectivity index (χ0n) is 9.19. The quantitative estimate of drug-likeness (QED) is 0.691. The fourth-order valence-corrected chi connectivity index (χ4v) is 2.80. The van der Waals surface area contributed by atoms with Crippen LogP contribution in [0.4, 0.5) is 13.2 Å². The van der Waals surface area contributed by atoms with Gasteiger partial charge in [0.05, 0.1) is 13.0 Å². The first kappa shape index (κ1) is 14.2. The number of esters is 1. The van der Waals surface area contributed by atoms with Gasteiger partial charge in [0.1, 0.15) is 0 Å². The Kier molecular flexibility index (Phi) is 3.72. The van der Waals surface area contributed by atoms with Gasteiger partial charge >= 0.3 is 21.5 Å². The summed E-state index contributed by atoms with van der Waals surface area (Å²) in [5, 5.41) is 0. The molecule has 0 bridgehead atoms. The molecule has 9 heteroatoms. The molecule has 5 nitrogen and oxygen atoms in total.